The van der Waals surface area contributed by atoms with E-state index < -0.39 is 51.6 Å². The Kier molecular flexibility index (Phi) is 6.27. The van der Waals surface area contributed by atoms with Gasteiger partial charge in [-0.2, -0.15) is 17.9 Å². The van der Waals surface area contributed by atoms with Crippen molar-refractivity contribution in [3.8, 4) is 10.6 Å². The summed E-state index contributed by atoms with van der Waals surface area (Å²) in [6.45, 7) is -0.404. The van der Waals surface area contributed by atoms with Crippen LogP contribution in [0.15, 0.2) is 57.3 Å². The summed E-state index contributed by atoms with van der Waals surface area (Å²) in [6.07, 6.45) is -4.08. The van der Waals surface area contributed by atoms with Crippen molar-refractivity contribution in [2.75, 3.05) is 6.61 Å². The molecule has 10 nitrogen and oxygen atoms in total. The number of sulfonamides is 1. The summed E-state index contributed by atoms with van der Waals surface area (Å²) >= 11 is 0.596. The number of amides is 1. The van der Waals surface area contributed by atoms with E-state index in [1.54, 1.807) is 30.3 Å². The summed E-state index contributed by atoms with van der Waals surface area (Å²) in [6, 6.07) is 11.3. The number of hydrogen-bond donors (Lipinski definition) is 3. The number of rotatable bonds is 9. The number of alkyl halides is 3. The number of nitrogens with zero attached hydrogens (tertiary/aromatic N) is 1. The maximum absolute atomic E-state index is 13.3. The lowest BCUT2D eigenvalue weighted by Crippen LogP contribution is -2.50. The molecule has 0 spiro atoms. The molecule has 2 saturated carbocycles. The molecule has 3 N–H and O–H groups in total. The fourth-order valence-electron chi connectivity index (χ4n) is 4.26. The van der Waals surface area contributed by atoms with Crippen LogP contribution in [0.25, 0.3) is 10.6 Å². The molecule has 38 heavy (non-hydrogen) atoms. The van der Waals surface area contributed by atoms with Crippen molar-refractivity contribution >= 4 is 33.4 Å². The summed E-state index contributed by atoms with van der Waals surface area (Å²) in [5.74, 6) is -2.82. The molecule has 2 aliphatic carbocycles. The van der Waals surface area contributed by atoms with Crippen molar-refractivity contribution in [1.29, 1.82) is 0 Å². The van der Waals surface area contributed by atoms with Crippen LogP contribution in [0.4, 0.5) is 18.0 Å². The van der Waals surface area contributed by atoms with Gasteiger partial charge in [0.25, 0.3) is 10.0 Å². The zero-order valence-electron chi connectivity index (χ0n) is 19.3. The lowest BCUT2D eigenvalue weighted by molar-refractivity contribution is -0.155. The molecule has 0 radical (unpaired) electrons. The van der Waals surface area contributed by atoms with E-state index in [1.165, 1.54) is 6.07 Å². The topological polar surface area (TPSA) is 148 Å². The number of carbonyl (C=O) groups excluding carboxylic acids is 1. The van der Waals surface area contributed by atoms with Crippen LogP contribution in [0.1, 0.15) is 30.6 Å². The van der Waals surface area contributed by atoms with Gasteiger partial charge in [0.05, 0.1) is 10.3 Å². The molecular formula is C23H20F3N3O7S2. The van der Waals surface area contributed by atoms with Gasteiger partial charge >= 0.3 is 18.2 Å². The van der Waals surface area contributed by atoms with Crippen LogP contribution in [0.5, 0.6) is 0 Å². The minimum atomic E-state index is -4.77. The van der Waals surface area contributed by atoms with Crippen LogP contribution in [0.3, 0.4) is 0 Å². The van der Waals surface area contributed by atoms with Crippen LogP contribution >= 0.6 is 11.3 Å². The first-order valence-electron chi connectivity index (χ1n) is 11.3. The van der Waals surface area contributed by atoms with Gasteiger partial charge in [-0.3, -0.25) is 4.79 Å². The van der Waals surface area contributed by atoms with E-state index in [2.05, 4.69) is 19.7 Å². The molecule has 2 atom stereocenters. The predicted molar refractivity (Wildman–Crippen MR) is 126 cm³/mol. The van der Waals surface area contributed by atoms with Gasteiger partial charge in [-0.15, -0.1) is 11.3 Å². The van der Waals surface area contributed by atoms with E-state index >= 15 is 0 Å². The molecule has 1 amide bonds. The van der Waals surface area contributed by atoms with E-state index in [1.807, 2.05) is 0 Å². The molecule has 2 fully saturated rings. The zero-order valence-corrected chi connectivity index (χ0v) is 21.0. The molecule has 2 aliphatic rings. The van der Waals surface area contributed by atoms with E-state index in [9.17, 15) is 36.3 Å². The molecule has 3 aromatic rings. The highest BCUT2D eigenvalue weighted by Crippen LogP contribution is 2.59. The number of carboxylic acids is 1. The number of thiophene rings is 1. The van der Waals surface area contributed by atoms with Gasteiger partial charge in [0.2, 0.25) is 5.76 Å². The fraction of sp³-hybridized carbons (Fsp3) is 0.348. The molecule has 0 saturated heterocycles. The summed E-state index contributed by atoms with van der Waals surface area (Å²) in [7, 11) is -4.48. The van der Waals surface area contributed by atoms with Gasteiger partial charge < -0.3 is 19.7 Å². The van der Waals surface area contributed by atoms with Gasteiger partial charge in [0.1, 0.15) is 22.0 Å². The molecule has 0 aliphatic heterocycles. The molecule has 15 heteroatoms. The summed E-state index contributed by atoms with van der Waals surface area (Å²) in [5, 5.41) is 16.2. The van der Waals surface area contributed by atoms with Crippen molar-refractivity contribution in [3.05, 3.63) is 59.9 Å². The first-order valence-corrected chi connectivity index (χ1v) is 13.6. The van der Waals surface area contributed by atoms with Crippen molar-refractivity contribution in [2.24, 2.45) is 0 Å². The molecule has 2 unspecified atom stereocenters. The average molecular weight is 572 g/mol. The van der Waals surface area contributed by atoms with E-state index in [4.69, 9.17) is 4.74 Å². The Morgan fingerprint density at radius 2 is 1.89 bits per heavy atom. The Morgan fingerprint density at radius 1 is 1.18 bits per heavy atom. The number of carbonyl (C=O) groups is 2. The second-order valence-corrected chi connectivity index (χ2v) is 12.1. The highest BCUT2D eigenvalue weighted by molar-refractivity contribution is 7.91. The molecule has 2 heterocycles. The van der Waals surface area contributed by atoms with Crippen molar-refractivity contribution in [2.45, 2.75) is 46.6 Å². The number of carboxylic acid groups (broad SMARTS) is 1. The third-order valence-electron chi connectivity index (χ3n) is 6.50. The maximum Gasteiger partial charge on any atom is 0.452 e. The van der Waals surface area contributed by atoms with Gasteiger partial charge in [-0.1, -0.05) is 35.5 Å². The second-order valence-electron chi connectivity index (χ2n) is 9.13. The minimum absolute atomic E-state index is 0.00191. The molecule has 0 bridgehead atoms. The number of halogens is 3. The SMILES string of the molecule is O=C(NC1CC1)OCC1(c2ccccc2)CC1(NS(=O)(=O)c1ccc(-c2cc(C(F)(F)F)on2)s1)C(=O)O. The summed E-state index contributed by atoms with van der Waals surface area (Å²) < 4.78 is 76.7. The van der Waals surface area contributed by atoms with E-state index in [-0.39, 0.29) is 27.2 Å². The van der Waals surface area contributed by atoms with Gasteiger partial charge in [0, 0.05) is 12.1 Å². The van der Waals surface area contributed by atoms with Crippen molar-refractivity contribution in [1.82, 2.24) is 15.2 Å². The monoisotopic (exact) mass is 571 g/mol. The predicted octanol–water partition coefficient (Wildman–Crippen LogP) is 3.75. The highest BCUT2D eigenvalue weighted by Gasteiger charge is 2.75. The fourth-order valence-corrected chi connectivity index (χ4v) is 6.95. The number of alkyl carbamates (subject to hydrolysis) is 1. The minimum Gasteiger partial charge on any atom is -0.480 e. The van der Waals surface area contributed by atoms with Crippen LogP contribution in [0, 0.1) is 0 Å². The van der Waals surface area contributed by atoms with Crippen LogP contribution in [0.2, 0.25) is 0 Å². The van der Waals surface area contributed by atoms with E-state index in [0.717, 1.165) is 18.9 Å². The lowest BCUT2D eigenvalue weighted by Gasteiger charge is -2.24. The second kappa shape index (κ2) is 9.10. The smallest absolute Gasteiger partial charge is 0.452 e. The largest absolute Gasteiger partial charge is 0.480 e. The van der Waals surface area contributed by atoms with Crippen LogP contribution < -0.4 is 10.0 Å². The Labute approximate surface area is 217 Å². The maximum atomic E-state index is 13.3. The lowest BCUT2D eigenvalue weighted by atomic mass is 9.91. The number of benzene rings is 1. The quantitative estimate of drug-likeness (QED) is 0.352. The molecule has 5 rings (SSSR count). The summed E-state index contributed by atoms with van der Waals surface area (Å²) in [4.78, 5) is 24.8. The Morgan fingerprint density at radius 3 is 2.50 bits per heavy atom. The Balaban J connectivity index is 1.42. The van der Waals surface area contributed by atoms with Crippen LogP contribution in [-0.4, -0.2) is 48.9 Å². The first-order chi connectivity index (χ1) is 17.9. The van der Waals surface area contributed by atoms with Gasteiger partial charge in [-0.05, 0) is 37.0 Å². The number of aromatic nitrogens is 1. The van der Waals surface area contributed by atoms with Gasteiger partial charge in [0.15, 0.2) is 0 Å². The Bertz CT molecular complexity index is 1480. The highest BCUT2D eigenvalue weighted by atomic mass is 32.2. The standard InChI is InChI=1S/C23H20F3N3O7S2/c24-23(25,26)17-10-15(28-36-17)16-8-9-18(37-16)38(33,34)29-22(19(30)31)11-21(22,13-4-2-1-3-5-13)12-35-20(32)27-14-6-7-14/h1-5,8-10,14,29H,6-7,11-12H2,(H,27,32)(H,30,31). The number of hydrogen-bond acceptors (Lipinski definition) is 8. The third-order valence-corrected chi connectivity index (χ3v) is 9.59. The summed E-state index contributed by atoms with van der Waals surface area (Å²) in [5.41, 5.74) is -3.22. The Hall–Kier alpha value is -3.43. The normalized spacial score (nSPS) is 23.1. The molecular weight excluding hydrogens is 551 g/mol. The van der Waals surface area contributed by atoms with Crippen LogP contribution in [-0.2, 0) is 31.1 Å². The molecule has 1 aromatic carbocycles. The molecule has 202 valence electrons. The third kappa shape index (κ3) is 4.76. The van der Waals surface area contributed by atoms with Crippen molar-refractivity contribution in [3.63, 3.8) is 0 Å². The van der Waals surface area contributed by atoms with Crippen molar-refractivity contribution < 1.29 is 45.5 Å². The number of aliphatic carboxylic acids is 1. The first kappa shape index (κ1) is 26.2. The van der Waals surface area contributed by atoms with Gasteiger partial charge in [-0.25, -0.2) is 13.2 Å². The average Bonchev–Trinajstić information content (AvgIpc) is 3.60. The number of ether oxygens (including phenoxy) is 1. The number of nitrogens with one attached hydrogen (secondary N) is 2. The molecule has 2 aromatic heterocycles. The van der Waals surface area contributed by atoms with E-state index in [0.29, 0.717) is 23.0 Å². The zero-order chi connectivity index (χ0) is 27.3.